The second-order valence-electron chi connectivity index (χ2n) is 5.01. The number of aliphatic hydroxyl groups is 1. The van der Waals surface area contributed by atoms with Crippen molar-refractivity contribution in [3.05, 3.63) is 48.6 Å². The minimum atomic E-state index is -0.407. The van der Waals surface area contributed by atoms with E-state index < -0.39 is 6.10 Å². The summed E-state index contributed by atoms with van der Waals surface area (Å²) in [5.74, 6) is 0. The molecule has 2 nitrogen and oxygen atoms in total. The molecule has 1 aromatic rings. The quantitative estimate of drug-likeness (QED) is 0.734. The summed E-state index contributed by atoms with van der Waals surface area (Å²) >= 11 is 0. The SMILES string of the molecule is C=CC[C@@H](O)C(C)(C)COCc1ccccc1. The summed E-state index contributed by atoms with van der Waals surface area (Å²) in [6, 6.07) is 10.1. The Morgan fingerprint density at radius 1 is 1.35 bits per heavy atom. The first-order valence-corrected chi connectivity index (χ1v) is 5.97. The molecule has 0 heterocycles. The van der Waals surface area contributed by atoms with E-state index >= 15 is 0 Å². The maximum Gasteiger partial charge on any atom is 0.0717 e. The zero-order chi connectivity index (χ0) is 12.7. The van der Waals surface area contributed by atoms with E-state index in [0.717, 1.165) is 5.56 Å². The largest absolute Gasteiger partial charge is 0.392 e. The molecule has 17 heavy (non-hydrogen) atoms. The summed E-state index contributed by atoms with van der Waals surface area (Å²) in [6.45, 7) is 8.78. The van der Waals surface area contributed by atoms with Crippen LogP contribution in [0.15, 0.2) is 43.0 Å². The fraction of sp³-hybridized carbons (Fsp3) is 0.467. The average Bonchev–Trinajstić information content (AvgIpc) is 2.30. The normalized spacial score (nSPS) is 13.4. The molecule has 0 aliphatic heterocycles. The highest BCUT2D eigenvalue weighted by atomic mass is 16.5. The van der Waals surface area contributed by atoms with Crippen molar-refractivity contribution in [3.63, 3.8) is 0 Å². The molecule has 1 N–H and O–H groups in total. The van der Waals surface area contributed by atoms with Gasteiger partial charge < -0.3 is 9.84 Å². The maximum atomic E-state index is 9.92. The van der Waals surface area contributed by atoms with Crippen molar-refractivity contribution >= 4 is 0 Å². The summed E-state index contributed by atoms with van der Waals surface area (Å²) < 4.78 is 5.66. The van der Waals surface area contributed by atoms with Gasteiger partial charge in [-0.2, -0.15) is 0 Å². The van der Waals surface area contributed by atoms with Crippen LogP contribution in [0, 0.1) is 5.41 Å². The third-order valence-electron chi connectivity index (χ3n) is 2.88. The number of rotatable bonds is 7. The molecule has 0 aliphatic rings. The molecule has 0 unspecified atom stereocenters. The third kappa shape index (κ3) is 4.72. The standard InChI is InChI=1S/C15H22O2/c1-4-8-14(16)15(2,3)12-17-11-13-9-6-5-7-10-13/h4-7,9-10,14,16H,1,8,11-12H2,2-3H3/t14-/m1/s1. The number of hydrogen-bond donors (Lipinski definition) is 1. The smallest absolute Gasteiger partial charge is 0.0717 e. The van der Waals surface area contributed by atoms with Crippen LogP contribution < -0.4 is 0 Å². The summed E-state index contributed by atoms with van der Waals surface area (Å²) in [4.78, 5) is 0. The first-order valence-electron chi connectivity index (χ1n) is 5.97. The van der Waals surface area contributed by atoms with Crippen molar-refractivity contribution in [3.8, 4) is 0 Å². The molecule has 0 saturated heterocycles. The zero-order valence-electron chi connectivity index (χ0n) is 10.7. The van der Waals surface area contributed by atoms with Gasteiger partial charge in [-0.1, -0.05) is 50.3 Å². The maximum absolute atomic E-state index is 9.92. The lowest BCUT2D eigenvalue weighted by molar-refractivity contribution is -0.0273. The molecular formula is C15H22O2. The van der Waals surface area contributed by atoms with Gasteiger partial charge in [-0.15, -0.1) is 6.58 Å². The van der Waals surface area contributed by atoms with E-state index in [0.29, 0.717) is 19.6 Å². The highest BCUT2D eigenvalue weighted by molar-refractivity contribution is 5.13. The third-order valence-corrected chi connectivity index (χ3v) is 2.88. The molecule has 1 aromatic carbocycles. The summed E-state index contributed by atoms with van der Waals surface area (Å²) in [5, 5.41) is 9.92. The molecule has 1 rings (SSSR count). The van der Waals surface area contributed by atoms with Crippen LogP contribution in [-0.4, -0.2) is 17.8 Å². The zero-order valence-corrected chi connectivity index (χ0v) is 10.7. The fourth-order valence-corrected chi connectivity index (χ4v) is 1.58. The average molecular weight is 234 g/mol. The van der Waals surface area contributed by atoms with Crippen molar-refractivity contribution in [2.45, 2.75) is 33.0 Å². The molecule has 0 spiro atoms. The van der Waals surface area contributed by atoms with Crippen LogP contribution in [0.5, 0.6) is 0 Å². The molecule has 0 fully saturated rings. The minimum Gasteiger partial charge on any atom is -0.392 e. The fourth-order valence-electron chi connectivity index (χ4n) is 1.58. The molecule has 0 aliphatic carbocycles. The summed E-state index contributed by atoms with van der Waals surface area (Å²) in [5.41, 5.74) is 0.907. The van der Waals surface area contributed by atoms with E-state index in [1.807, 2.05) is 44.2 Å². The van der Waals surface area contributed by atoms with Gasteiger partial charge in [0, 0.05) is 5.41 Å². The topological polar surface area (TPSA) is 29.5 Å². The van der Waals surface area contributed by atoms with Crippen LogP contribution in [0.4, 0.5) is 0 Å². The highest BCUT2D eigenvalue weighted by Gasteiger charge is 2.26. The highest BCUT2D eigenvalue weighted by Crippen LogP contribution is 2.24. The van der Waals surface area contributed by atoms with Crippen LogP contribution >= 0.6 is 0 Å². The van der Waals surface area contributed by atoms with Crippen molar-refractivity contribution in [1.29, 1.82) is 0 Å². The molecule has 0 amide bonds. The first kappa shape index (κ1) is 13.9. The molecule has 1 atom stereocenters. The van der Waals surface area contributed by atoms with Crippen molar-refractivity contribution < 1.29 is 9.84 Å². The molecule has 0 aromatic heterocycles. The van der Waals surface area contributed by atoms with Gasteiger partial charge >= 0.3 is 0 Å². The van der Waals surface area contributed by atoms with Crippen molar-refractivity contribution in [1.82, 2.24) is 0 Å². The molecule has 0 saturated carbocycles. The number of ether oxygens (including phenoxy) is 1. The monoisotopic (exact) mass is 234 g/mol. The second kappa shape index (κ2) is 6.58. The van der Waals surface area contributed by atoms with E-state index in [1.165, 1.54) is 0 Å². The number of hydrogen-bond acceptors (Lipinski definition) is 2. The predicted molar refractivity (Wildman–Crippen MR) is 70.7 cm³/mol. The Labute approximate surface area is 104 Å². The van der Waals surface area contributed by atoms with Gasteiger partial charge in [0.25, 0.3) is 0 Å². The van der Waals surface area contributed by atoms with Gasteiger partial charge in [0.1, 0.15) is 0 Å². The van der Waals surface area contributed by atoms with Crippen LogP contribution in [-0.2, 0) is 11.3 Å². The van der Waals surface area contributed by atoms with Gasteiger partial charge in [0.05, 0.1) is 19.3 Å². The molecule has 94 valence electrons. The van der Waals surface area contributed by atoms with Crippen LogP contribution in [0.1, 0.15) is 25.8 Å². The Bertz CT molecular complexity index is 330. The number of aliphatic hydroxyl groups excluding tert-OH is 1. The van der Waals surface area contributed by atoms with E-state index in [2.05, 4.69) is 6.58 Å². The molecule has 0 radical (unpaired) electrons. The first-order chi connectivity index (χ1) is 8.06. The van der Waals surface area contributed by atoms with E-state index in [9.17, 15) is 5.11 Å². The molecule has 2 heteroatoms. The van der Waals surface area contributed by atoms with Gasteiger partial charge in [0.15, 0.2) is 0 Å². The predicted octanol–water partition coefficient (Wildman–Crippen LogP) is 3.17. The Morgan fingerprint density at radius 3 is 2.59 bits per heavy atom. The van der Waals surface area contributed by atoms with Gasteiger partial charge in [-0.05, 0) is 12.0 Å². The Morgan fingerprint density at radius 2 is 2.00 bits per heavy atom. The van der Waals surface area contributed by atoms with Crippen molar-refractivity contribution in [2.24, 2.45) is 5.41 Å². The van der Waals surface area contributed by atoms with Crippen LogP contribution in [0.3, 0.4) is 0 Å². The lowest BCUT2D eigenvalue weighted by Crippen LogP contribution is -2.33. The van der Waals surface area contributed by atoms with Gasteiger partial charge in [-0.25, -0.2) is 0 Å². The van der Waals surface area contributed by atoms with Crippen LogP contribution in [0.25, 0.3) is 0 Å². The van der Waals surface area contributed by atoms with E-state index in [-0.39, 0.29) is 5.41 Å². The molecule has 0 bridgehead atoms. The minimum absolute atomic E-state index is 0.247. The van der Waals surface area contributed by atoms with Crippen LogP contribution in [0.2, 0.25) is 0 Å². The van der Waals surface area contributed by atoms with Gasteiger partial charge in [0.2, 0.25) is 0 Å². The second-order valence-corrected chi connectivity index (χ2v) is 5.01. The van der Waals surface area contributed by atoms with E-state index in [1.54, 1.807) is 6.08 Å². The number of benzene rings is 1. The Kier molecular flexibility index (Phi) is 5.39. The summed E-state index contributed by atoms with van der Waals surface area (Å²) in [7, 11) is 0. The Hall–Kier alpha value is -1.12. The Balaban J connectivity index is 2.37. The van der Waals surface area contributed by atoms with E-state index in [4.69, 9.17) is 4.74 Å². The van der Waals surface area contributed by atoms with Crippen molar-refractivity contribution in [2.75, 3.05) is 6.61 Å². The lowest BCUT2D eigenvalue weighted by atomic mass is 9.86. The molecular weight excluding hydrogens is 212 g/mol. The summed E-state index contributed by atoms with van der Waals surface area (Å²) in [6.07, 6.45) is 1.93. The van der Waals surface area contributed by atoms with Gasteiger partial charge in [-0.3, -0.25) is 0 Å². The lowest BCUT2D eigenvalue weighted by Gasteiger charge is -2.29.